The number of aliphatic carboxylic acids is 1. The zero-order valence-corrected chi connectivity index (χ0v) is 17.2. The third kappa shape index (κ3) is 4.64. The van der Waals surface area contributed by atoms with E-state index in [9.17, 15) is 19.5 Å². The van der Waals surface area contributed by atoms with Crippen LogP contribution in [0, 0.1) is 0 Å². The number of benzene rings is 1. The van der Waals surface area contributed by atoms with Crippen LogP contribution in [-0.2, 0) is 19.1 Å². The van der Waals surface area contributed by atoms with Crippen LogP contribution in [0.3, 0.4) is 0 Å². The van der Waals surface area contributed by atoms with Gasteiger partial charge in [0.05, 0.1) is 19.6 Å². The Bertz CT molecular complexity index is 932. The van der Waals surface area contributed by atoms with Crippen molar-refractivity contribution in [2.75, 3.05) is 32.9 Å². The first-order valence-corrected chi connectivity index (χ1v) is 10.5. The molecule has 4 rings (SSSR count). The molecular weight excluding hydrogens is 400 g/mol. The molecular formula is C23H26N2O6. The second-order valence-corrected chi connectivity index (χ2v) is 7.85. The van der Waals surface area contributed by atoms with Gasteiger partial charge in [0.15, 0.2) is 0 Å². The molecule has 0 spiro atoms. The summed E-state index contributed by atoms with van der Waals surface area (Å²) in [6.45, 7) is 1.64. The van der Waals surface area contributed by atoms with Gasteiger partial charge in [-0.2, -0.15) is 0 Å². The van der Waals surface area contributed by atoms with Crippen molar-refractivity contribution in [3.8, 4) is 0 Å². The van der Waals surface area contributed by atoms with E-state index >= 15 is 0 Å². The first kappa shape index (κ1) is 21.1. The number of hydrogen-bond donors (Lipinski definition) is 2. The van der Waals surface area contributed by atoms with Crippen molar-refractivity contribution in [2.24, 2.45) is 0 Å². The summed E-state index contributed by atoms with van der Waals surface area (Å²) in [6, 6.07) is 6.93. The summed E-state index contributed by atoms with van der Waals surface area (Å²) >= 11 is 0. The fraction of sp³-hybridized carbons (Fsp3) is 0.435. The number of fused-ring (bicyclic) bond motifs is 2. The van der Waals surface area contributed by atoms with Crippen molar-refractivity contribution in [1.29, 1.82) is 0 Å². The molecule has 8 heteroatoms. The average Bonchev–Trinajstić information content (AvgIpc) is 3.11. The zero-order chi connectivity index (χ0) is 21.8. The molecule has 2 amide bonds. The van der Waals surface area contributed by atoms with Crippen LogP contribution in [0.2, 0.25) is 0 Å². The van der Waals surface area contributed by atoms with E-state index in [2.05, 4.69) is 23.5 Å². The highest BCUT2D eigenvalue weighted by Crippen LogP contribution is 2.46. The van der Waals surface area contributed by atoms with Gasteiger partial charge in [0.25, 0.3) is 0 Å². The molecule has 1 fully saturated rings. The summed E-state index contributed by atoms with van der Waals surface area (Å²) in [5.41, 5.74) is 4.77. The SMILES string of the molecule is O=C(O)C[C@H](NC(=O)OCC1C2=C(CCC=C2)c2ccccc21)C(=O)N1CCOCC1. The quantitative estimate of drug-likeness (QED) is 0.723. The van der Waals surface area contributed by atoms with E-state index in [0.717, 1.165) is 24.0 Å². The van der Waals surface area contributed by atoms with Gasteiger partial charge in [-0.15, -0.1) is 0 Å². The van der Waals surface area contributed by atoms with Gasteiger partial charge < -0.3 is 24.8 Å². The summed E-state index contributed by atoms with van der Waals surface area (Å²) in [7, 11) is 0. The lowest BCUT2D eigenvalue weighted by molar-refractivity contribution is -0.144. The van der Waals surface area contributed by atoms with Gasteiger partial charge in [-0.1, -0.05) is 36.4 Å². The molecule has 0 aromatic heterocycles. The van der Waals surface area contributed by atoms with Crippen LogP contribution in [0.4, 0.5) is 4.79 Å². The number of nitrogens with one attached hydrogen (secondary N) is 1. The fourth-order valence-electron chi connectivity index (χ4n) is 4.44. The Morgan fingerprint density at radius 1 is 1.23 bits per heavy atom. The number of nitrogens with zero attached hydrogens (tertiary/aromatic N) is 1. The number of carbonyl (C=O) groups excluding carboxylic acids is 2. The van der Waals surface area contributed by atoms with Gasteiger partial charge in [0.2, 0.25) is 5.91 Å². The number of alkyl carbamates (subject to hydrolysis) is 1. The minimum atomic E-state index is -1.18. The smallest absolute Gasteiger partial charge is 0.407 e. The highest BCUT2D eigenvalue weighted by atomic mass is 16.5. The molecule has 0 saturated carbocycles. The summed E-state index contributed by atoms with van der Waals surface area (Å²) in [5.74, 6) is -1.67. The molecule has 3 aliphatic rings. The van der Waals surface area contributed by atoms with Crippen LogP contribution < -0.4 is 5.32 Å². The zero-order valence-electron chi connectivity index (χ0n) is 17.2. The number of allylic oxidation sites excluding steroid dienone is 3. The molecule has 1 saturated heterocycles. The fourth-order valence-corrected chi connectivity index (χ4v) is 4.44. The maximum absolute atomic E-state index is 12.7. The Kier molecular flexibility index (Phi) is 6.36. The Morgan fingerprint density at radius 3 is 2.77 bits per heavy atom. The highest BCUT2D eigenvalue weighted by Gasteiger charge is 2.33. The van der Waals surface area contributed by atoms with Crippen LogP contribution in [0.25, 0.3) is 5.57 Å². The topological polar surface area (TPSA) is 105 Å². The number of amides is 2. The maximum atomic E-state index is 12.7. The Labute approximate surface area is 180 Å². The van der Waals surface area contributed by atoms with Gasteiger partial charge in [0.1, 0.15) is 12.6 Å². The van der Waals surface area contributed by atoms with E-state index in [-0.39, 0.29) is 12.5 Å². The Balaban J connectivity index is 1.41. The van der Waals surface area contributed by atoms with E-state index in [1.54, 1.807) is 0 Å². The molecule has 2 N–H and O–H groups in total. The monoisotopic (exact) mass is 426 g/mol. The van der Waals surface area contributed by atoms with Gasteiger partial charge in [-0.25, -0.2) is 4.79 Å². The molecule has 1 aromatic carbocycles. The Morgan fingerprint density at radius 2 is 2.00 bits per heavy atom. The molecule has 31 heavy (non-hydrogen) atoms. The van der Waals surface area contributed by atoms with Crippen LogP contribution in [-0.4, -0.2) is 66.9 Å². The summed E-state index contributed by atoms with van der Waals surface area (Å²) < 4.78 is 10.7. The lowest BCUT2D eigenvalue weighted by Crippen LogP contribution is -2.52. The van der Waals surface area contributed by atoms with E-state index in [1.165, 1.54) is 16.0 Å². The van der Waals surface area contributed by atoms with Crippen molar-refractivity contribution < 1.29 is 29.0 Å². The normalized spacial score (nSPS) is 20.6. The van der Waals surface area contributed by atoms with Crippen molar-refractivity contribution in [2.45, 2.75) is 31.2 Å². The van der Waals surface area contributed by atoms with Gasteiger partial charge in [-0.05, 0) is 35.1 Å². The molecule has 2 atom stereocenters. The molecule has 0 bridgehead atoms. The summed E-state index contributed by atoms with van der Waals surface area (Å²) in [4.78, 5) is 37.9. The summed E-state index contributed by atoms with van der Waals surface area (Å²) in [6.07, 6.45) is 4.87. The average molecular weight is 426 g/mol. The van der Waals surface area contributed by atoms with Crippen molar-refractivity contribution in [3.63, 3.8) is 0 Å². The van der Waals surface area contributed by atoms with Crippen LogP contribution in [0.15, 0.2) is 42.0 Å². The van der Waals surface area contributed by atoms with E-state index < -0.39 is 30.4 Å². The second kappa shape index (κ2) is 9.34. The van der Waals surface area contributed by atoms with E-state index in [0.29, 0.717) is 26.3 Å². The van der Waals surface area contributed by atoms with Crippen molar-refractivity contribution in [3.05, 3.63) is 53.1 Å². The van der Waals surface area contributed by atoms with E-state index in [1.807, 2.05) is 18.2 Å². The lowest BCUT2D eigenvalue weighted by atomic mass is 9.93. The number of carboxylic acids is 1. The second-order valence-electron chi connectivity index (χ2n) is 7.85. The molecule has 1 aromatic rings. The molecule has 1 aliphatic heterocycles. The number of ether oxygens (including phenoxy) is 2. The molecule has 164 valence electrons. The van der Waals surface area contributed by atoms with Crippen molar-refractivity contribution >= 4 is 23.5 Å². The number of morpholine rings is 1. The van der Waals surface area contributed by atoms with Crippen molar-refractivity contribution in [1.82, 2.24) is 10.2 Å². The van der Waals surface area contributed by atoms with Gasteiger partial charge >= 0.3 is 12.1 Å². The standard InChI is InChI=1S/C23H26N2O6/c26-21(27)13-20(22(28)25-9-11-30-12-10-25)24-23(29)31-14-19-17-7-3-1-5-15(17)16-6-2-4-8-18(16)19/h1,3-5,7-8,19-20H,2,6,9-14H2,(H,24,29)(H,26,27)/t19?,20-/m0/s1. The van der Waals surface area contributed by atoms with Crippen LogP contribution >= 0.6 is 0 Å². The number of rotatable bonds is 6. The maximum Gasteiger partial charge on any atom is 0.407 e. The minimum Gasteiger partial charge on any atom is -0.481 e. The minimum absolute atomic E-state index is 0.0682. The molecule has 1 heterocycles. The van der Waals surface area contributed by atoms with Crippen LogP contribution in [0.5, 0.6) is 0 Å². The first-order valence-electron chi connectivity index (χ1n) is 10.5. The highest BCUT2D eigenvalue weighted by molar-refractivity contribution is 5.89. The number of carbonyl (C=O) groups is 3. The third-order valence-corrected chi connectivity index (χ3v) is 5.92. The van der Waals surface area contributed by atoms with Gasteiger partial charge in [-0.3, -0.25) is 9.59 Å². The van der Waals surface area contributed by atoms with E-state index in [4.69, 9.17) is 9.47 Å². The predicted molar refractivity (Wildman–Crippen MR) is 112 cm³/mol. The number of hydrogen-bond acceptors (Lipinski definition) is 5. The van der Waals surface area contributed by atoms with Gasteiger partial charge in [0, 0.05) is 19.0 Å². The predicted octanol–water partition coefficient (Wildman–Crippen LogP) is 2.32. The lowest BCUT2D eigenvalue weighted by Gasteiger charge is -2.30. The largest absolute Gasteiger partial charge is 0.481 e. The third-order valence-electron chi connectivity index (χ3n) is 5.92. The van der Waals surface area contributed by atoms with Crippen LogP contribution in [0.1, 0.15) is 36.3 Å². The molecule has 8 nitrogen and oxygen atoms in total. The molecule has 2 aliphatic carbocycles. The summed E-state index contributed by atoms with van der Waals surface area (Å²) in [5, 5.41) is 11.6. The number of carboxylic acid groups (broad SMARTS) is 1. The Hall–Kier alpha value is -3.13. The first-order chi connectivity index (χ1) is 15.0. The molecule has 1 unspecified atom stereocenters. The molecule has 0 radical (unpaired) electrons.